The van der Waals surface area contributed by atoms with Crippen LogP contribution in [0.1, 0.15) is 44.7 Å². The van der Waals surface area contributed by atoms with E-state index in [2.05, 4.69) is 11.1 Å². The predicted octanol–water partition coefficient (Wildman–Crippen LogP) is 2.75. The molecule has 1 atom stereocenters. The van der Waals surface area contributed by atoms with Crippen molar-refractivity contribution in [2.24, 2.45) is 0 Å². The van der Waals surface area contributed by atoms with Crippen molar-refractivity contribution in [3.8, 4) is 11.8 Å². The summed E-state index contributed by atoms with van der Waals surface area (Å²) in [5.74, 6) is -0.854. The highest BCUT2D eigenvalue weighted by Crippen LogP contribution is 2.33. The van der Waals surface area contributed by atoms with Gasteiger partial charge in [0.1, 0.15) is 11.2 Å². The Morgan fingerprint density at radius 2 is 2.08 bits per heavy atom. The molecule has 1 saturated carbocycles. The maximum atomic E-state index is 12.7. The Morgan fingerprint density at radius 3 is 2.64 bits per heavy atom. The third kappa shape index (κ3) is 3.87. The first-order chi connectivity index (χ1) is 11.8. The number of aromatic nitrogens is 1. The molecule has 0 unspecified atom stereocenters. The molecule has 1 aromatic heterocycles. The van der Waals surface area contributed by atoms with Crippen LogP contribution in [-0.2, 0) is 4.79 Å². The summed E-state index contributed by atoms with van der Waals surface area (Å²) in [5.41, 5.74) is -0.342. The zero-order valence-corrected chi connectivity index (χ0v) is 14.7. The maximum Gasteiger partial charge on any atom is 0.406 e. The van der Waals surface area contributed by atoms with Gasteiger partial charge in [-0.2, -0.15) is 5.26 Å². The largest absolute Gasteiger partial charge is 0.473 e. The number of nitrogens with zero attached hydrogens (tertiary/aromatic N) is 4. The minimum Gasteiger partial charge on any atom is -0.473 e. The molecule has 0 N–H and O–H groups in total. The summed E-state index contributed by atoms with van der Waals surface area (Å²) in [7, 11) is 1.60. The summed E-state index contributed by atoms with van der Waals surface area (Å²) >= 11 is 0. The summed E-state index contributed by atoms with van der Waals surface area (Å²) in [5, 5.41) is 20.7. The number of ether oxygens (including phenoxy) is 1. The fourth-order valence-electron chi connectivity index (χ4n) is 3.14. The molecule has 0 saturated heterocycles. The fourth-order valence-corrected chi connectivity index (χ4v) is 3.14. The molecular formula is C17H22N4O4. The molecule has 25 heavy (non-hydrogen) atoms. The molecule has 0 aliphatic heterocycles. The normalized spacial score (nSPS) is 17.2. The van der Waals surface area contributed by atoms with Gasteiger partial charge in [0.05, 0.1) is 6.07 Å². The highest BCUT2D eigenvalue weighted by molar-refractivity contribution is 5.82. The lowest BCUT2D eigenvalue weighted by Gasteiger charge is -2.39. The maximum absolute atomic E-state index is 12.7. The number of carbonyl (C=O) groups is 1. The van der Waals surface area contributed by atoms with Crippen molar-refractivity contribution in [1.82, 2.24) is 9.88 Å². The summed E-state index contributed by atoms with van der Waals surface area (Å²) in [4.78, 5) is 28.5. The number of amides is 1. The fraction of sp³-hybridized carbons (Fsp3) is 0.588. The van der Waals surface area contributed by atoms with Crippen LogP contribution < -0.4 is 4.74 Å². The van der Waals surface area contributed by atoms with Gasteiger partial charge in [-0.05, 0) is 41.8 Å². The average Bonchev–Trinajstić information content (AvgIpc) is 2.62. The number of hydrogen-bond donors (Lipinski definition) is 0. The molecular weight excluding hydrogens is 324 g/mol. The van der Waals surface area contributed by atoms with Crippen LogP contribution in [0.15, 0.2) is 12.1 Å². The predicted molar refractivity (Wildman–Crippen MR) is 89.9 cm³/mol. The van der Waals surface area contributed by atoms with E-state index in [-0.39, 0.29) is 11.7 Å². The molecule has 1 aromatic rings. The van der Waals surface area contributed by atoms with Gasteiger partial charge in [-0.3, -0.25) is 4.79 Å². The van der Waals surface area contributed by atoms with E-state index in [9.17, 15) is 20.2 Å². The molecule has 1 aliphatic carbocycles. The molecule has 1 amide bonds. The van der Waals surface area contributed by atoms with Gasteiger partial charge in [-0.1, -0.05) is 19.3 Å². The number of likely N-dealkylation sites (N-methyl/N-ethyl adjacent to an activating group) is 1. The van der Waals surface area contributed by atoms with E-state index in [1.54, 1.807) is 20.0 Å². The van der Waals surface area contributed by atoms with E-state index in [1.165, 1.54) is 17.9 Å². The molecule has 1 heterocycles. The van der Waals surface area contributed by atoms with Crippen molar-refractivity contribution in [3.05, 3.63) is 27.9 Å². The van der Waals surface area contributed by atoms with Gasteiger partial charge >= 0.3 is 5.82 Å². The van der Waals surface area contributed by atoms with E-state index in [0.717, 1.165) is 19.3 Å². The molecule has 0 bridgehead atoms. The van der Waals surface area contributed by atoms with Crippen molar-refractivity contribution >= 4 is 11.7 Å². The summed E-state index contributed by atoms with van der Waals surface area (Å²) in [6, 6.07) is 5.30. The third-order valence-electron chi connectivity index (χ3n) is 4.66. The number of hydrogen-bond acceptors (Lipinski definition) is 6. The topological polar surface area (TPSA) is 109 Å². The van der Waals surface area contributed by atoms with Crippen LogP contribution in [0.2, 0.25) is 0 Å². The van der Waals surface area contributed by atoms with Crippen molar-refractivity contribution < 1.29 is 14.5 Å². The van der Waals surface area contributed by atoms with Gasteiger partial charge in [-0.25, -0.2) is 0 Å². The molecule has 8 heteroatoms. The van der Waals surface area contributed by atoms with Crippen molar-refractivity contribution in [2.75, 3.05) is 7.05 Å². The van der Waals surface area contributed by atoms with Crippen LogP contribution in [0.4, 0.5) is 5.82 Å². The van der Waals surface area contributed by atoms with Gasteiger partial charge < -0.3 is 19.8 Å². The van der Waals surface area contributed by atoms with Gasteiger partial charge in [0.2, 0.25) is 5.75 Å². The quantitative estimate of drug-likeness (QED) is 0.599. The van der Waals surface area contributed by atoms with Crippen molar-refractivity contribution in [2.45, 2.75) is 57.6 Å². The van der Waals surface area contributed by atoms with Crippen LogP contribution in [-0.4, -0.2) is 39.4 Å². The zero-order chi connectivity index (χ0) is 18.6. The highest BCUT2D eigenvalue weighted by atomic mass is 16.6. The SMILES string of the molecule is Cc1ccc(O[C@@H](C)C(=O)N(C)C2(C#N)CCCCC2)c([N+](=O)[O-])n1. The van der Waals surface area contributed by atoms with Gasteiger partial charge in [0.15, 0.2) is 6.10 Å². The Hall–Kier alpha value is -2.69. The standard InChI is InChI=1S/C17H22N4O4/c1-12-7-8-14(15(19-12)21(23)24)25-13(2)16(22)20(3)17(11-18)9-5-4-6-10-17/h7-8,13H,4-6,9-10H2,1-3H3/t13-/m0/s1. The van der Waals surface area contributed by atoms with Crippen molar-refractivity contribution in [3.63, 3.8) is 0 Å². The summed E-state index contributed by atoms with van der Waals surface area (Å²) in [6.45, 7) is 3.16. The Kier molecular flexibility index (Phi) is 5.57. The minimum absolute atomic E-state index is 0.0560. The summed E-state index contributed by atoms with van der Waals surface area (Å²) < 4.78 is 5.52. The minimum atomic E-state index is -0.958. The first-order valence-electron chi connectivity index (χ1n) is 8.28. The van der Waals surface area contributed by atoms with E-state index in [1.807, 2.05) is 0 Å². The van der Waals surface area contributed by atoms with Crippen molar-refractivity contribution in [1.29, 1.82) is 5.26 Å². The smallest absolute Gasteiger partial charge is 0.406 e. The average molecular weight is 346 g/mol. The number of aryl methyl sites for hydroxylation is 1. The lowest BCUT2D eigenvalue weighted by atomic mass is 9.81. The Labute approximate surface area is 146 Å². The second-order valence-electron chi connectivity index (χ2n) is 6.39. The molecule has 2 rings (SSSR count). The molecule has 1 fully saturated rings. The molecule has 8 nitrogen and oxygen atoms in total. The molecule has 0 radical (unpaired) electrons. The second-order valence-corrected chi connectivity index (χ2v) is 6.39. The van der Waals surface area contributed by atoms with Crippen LogP contribution in [0.5, 0.6) is 5.75 Å². The number of rotatable bonds is 5. The lowest BCUT2D eigenvalue weighted by Crippen LogP contribution is -2.53. The van der Waals surface area contributed by atoms with Crippen LogP contribution >= 0.6 is 0 Å². The Morgan fingerprint density at radius 1 is 1.44 bits per heavy atom. The van der Waals surface area contributed by atoms with Gasteiger partial charge in [0, 0.05) is 14.0 Å². The lowest BCUT2D eigenvalue weighted by molar-refractivity contribution is -0.390. The Bertz CT molecular complexity index is 707. The monoisotopic (exact) mass is 346 g/mol. The first-order valence-corrected chi connectivity index (χ1v) is 8.28. The number of nitro groups is 1. The van der Waals surface area contributed by atoms with Crippen LogP contribution in [0.3, 0.4) is 0 Å². The molecule has 0 spiro atoms. The second kappa shape index (κ2) is 7.47. The highest BCUT2D eigenvalue weighted by Gasteiger charge is 2.40. The van der Waals surface area contributed by atoms with Crippen LogP contribution in [0, 0.1) is 28.4 Å². The van der Waals surface area contributed by atoms with E-state index in [4.69, 9.17) is 4.74 Å². The van der Waals surface area contributed by atoms with E-state index >= 15 is 0 Å². The number of nitriles is 1. The number of carbonyl (C=O) groups excluding carboxylic acids is 1. The molecule has 1 aliphatic rings. The molecule has 0 aromatic carbocycles. The van der Waals surface area contributed by atoms with Gasteiger partial charge in [0.25, 0.3) is 5.91 Å². The van der Waals surface area contributed by atoms with Crippen LogP contribution in [0.25, 0.3) is 0 Å². The third-order valence-corrected chi connectivity index (χ3v) is 4.66. The number of pyridine rings is 1. The molecule has 134 valence electrons. The summed E-state index contributed by atoms with van der Waals surface area (Å²) in [6.07, 6.45) is 3.15. The first kappa shape index (κ1) is 18.6. The van der Waals surface area contributed by atoms with E-state index < -0.39 is 22.4 Å². The van der Waals surface area contributed by atoms with Gasteiger partial charge in [-0.15, -0.1) is 0 Å². The zero-order valence-electron chi connectivity index (χ0n) is 14.7. The Balaban J connectivity index is 2.18. The van der Waals surface area contributed by atoms with E-state index in [0.29, 0.717) is 18.5 Å².